The van der Waals surface area contributed by atoms with Gasteiger partial charge in [-0.1, -0.05) is 20.3 Å². The molecule has 4 aromatic rings. The third-order valence-electron chi connectivity index (χ3n) is 5.03. The molecule has 0 spiro atoms. The summed E-state index contributed by atoms with van der Waals surface area (Å²) in [5.74, 6) is 0.438. The molecule has 4 aromatic heterocycles. The summed E-state index contributed by atoms with van der Waals surface area (Å²) in [6.07, 6.45) is 11.2. The van der Waals surface area contributed by atoms with Crippen molar-refractivity contribution in [2.45, 2.75) is 38.8 Å². The quantitative estimate of drug-likeness (QED) is 0.501. The Hall–Kier alpha value is -2.96. The first-order valence-corrected chi connectivity index (χ1v) is 9.32. The van der Waals surface area contributed by atoms with Gasteiger partial charge in [-0.3, -0.25) is 0 Å². The van der Waals surface area contributed by atoms with E-state index < -0.39 is 5.67 Å². The highest BCUT2D eigenvalue weighted by Gasteiger charge is 2.26. The van der Waals surface area contributed by atoms with E-state index in [0.717, 1.165) is 34.2 Å². The molecule has 1 unspecified atom stereocenters. The van der Waals surface area contributed by atoms with Gasteiger partial charge in [-0.05, 0) is 25.0 Å². The van der Waals surface area contributed by atoms with Gasteiger partial charge in [-0.25, -0.2) is 14.4 Å². The van der Waals surface area contributed by atoms with E-state index in [1.165, 1.54) is 0 Å². The maximum atomic E-state index is 14.7. The Kier molecular flexibility index (Phi) is 4.51. The van der Waals surface area contributed by atoms with Crippen molar-refractivity contribution in [3.63, 3.8) is 0 Å². The number of pyridine rings is 1. The molecule has 0 amide bonds. The first kappa shape index (κ1) is 17.5. The van der Waals surface area contributed by atoms with Crippen LogP contribution in [0.25, 0.3) is 27.8 Å². The maximum absolute atomic E-state index is 14.7. The van der Waals surface area contributed by atoms with Crippen LogP contribution >= 0.6 is 0 Å². The Morgan fingerprint density at radius 3 is 2.96 bits per heavy atom. The minimum atomic E-state index is -1.23. The van der Waals surface area contributed by atoms with E-state index in [1.54, 1.807) is 12.4 Å². The summed E-state index contributed by atoms with van der Waals surface area (Å²) in [7, 11) is 0. The van der Waals surface area contributed by atoms with Gasteiger partial charge in [0.1, 0.15) is 17.0 Å². The lowest BCUT2D eigenvalue weighted by Crippen LogP contribution is -2.31. The van der Waals surface area contributed by atoms with E-state index >= 15 is 0 Å². The van der Waals surface area contributed by atoms with Crippen LogP contribution in [0.5, 0.6) is 0 Å². The second-order valence-electron chi connectivity index (χ2n) is 6.88. The molecule has 0 saturated heterocycles. The fourth-order valence-electron chi connectivity index (χ4n) is 3.39. The number of alkyl halides is 1. The van der Waals surface area contributed by atoms with Crippen LogP contribution in [0, 0.1) is 0 Å². The van der Waals surface area contributed by atoms with E-state index in [0.29, 0.717) is 18.8 Å². The second kappa shape index (κ2) is 6.98. The highest BCUT2D eigenvalue weighted by Crippen LogP contribution is 2.28. The van der Waals surface area contributed by atoms with Crippen molar-refractivity contribution >= 4 is 22.6 Å². The smallest absolute Gasteiger partial charge is 0.224 e. The summed E-state index contributed by atoms with van der Waals surface area (Å²) < 4.78 is 16.7. The summed E-state index contributed by atoms with van der Waals surface area (Å²) in [4.78, 5) is 16.4. The largest absolute Gasteiger partial charge is 0.351 e. The lowest BCUT2D eigenvalue weighted by atomic mass is 9.97. The van der Waals surface area contributed by atoms with Crippen molar-refractivity contribution in [3.05, 3.63) is 43.1 Å². The Balaban J connectivity index is 1.59. The van der Waals surface area contributed by atoms with Crippen molar-refractivity contribution in [3.8, 4) is 11.1 Å². The van der Waals surface area contributed by atoms with E-state index in [1.807, 2.05) is 49.0 Å². The highest BCUT2D eigenvalue weighted by atomic mass is 19.1. The Bertz CT molecular complexity index is 1070. The molecule has 0 aliphatic heterocycles. The van der Waals surface area contributed by atoms with Crippen LogP contribution in [0.1, 0.15) is 33.1 Å². The van der Waals surface area contributed by atoms with Gasteiger partial charge in [-0.15, -0.1) is 0 Å². The first-order chi connectivity index (χ1) is 13.1. The number of halogens is 1. The zero-order valence-electron chi connectivity index (χ0n) is 15.5. The second-order valence-corrected chi connectivity index (χ2v) is 6.88. The molecule has 140 valence electrons. The third kappa shape index (κ3) is 3.37. The number of aromatic amines is 1. The predicted octanol–water partition coefficient (Wildman–Crippen LogP) is 4.60. The van der Waals surface area contributed by atoms with Gasteiger partial charge in [-0.2, -0.15) is 4.98 Å². The Labute approximate surface area is 156 Å². The number of hydrogen-bond donors (Lipinski definition) is 2. The van der Waals surface area contributed by atoms with Crippen LogP contribution in [0.2, 0.25) is 0 Å². The predicted molar refractivity (Wildman–Crippen MR) is 106 cm³/mol. The van der Waals surface area contributed by atoms with Gasteiger partial charge in [0.05, 0.1) is 6.54 Å². The molecule has 0 radical (unpaired) electrons. The molecule has 0 saturated carbocycles. The van der Waals surface area contributed by atoms with E-state index in [4.69, 9.17) is 0 Å². The summed E-state index contributed by atoms with van der Waals surface area (Å²) in [6.45, 7) is 4.08. The minimum Gasteiger partial charge on any atom is -0.351 e. The normalized spacial score (nSPS) is 13.9. The van der Waals surface area contributed by atoms with Crippen molar-refractivity contribution in [1.29, 1.82) is 0 Å². The van der Waals surface area contributed by atoms with Crippen molar-refractivity contribution in [2.75, 3.05) is 11.9 Å². The summed E-state index contributed by atoms with van der Waals surface area (Å²) in [5, 5.41) is 3.98. The van der Waals surface area contributed by atoms with Gasteiger partial charge < -0.3 is 14.7 Å². The molecule has 0 bridgehead atoms. The standard InChI is InChI=1S/C20H23FN6/c1-3-7-20(21,4-2)13-25-19-24-11-16-15(10-23-18(16)26-19)14-5-6-17-22-8-9-27(17)12-14/h5-6,8-12H,3-4,7,13H2,1-2H3,(H2,23,24,25,26). The van der Waals surface area contributed by atoms with Gasteiger partial charge >= 0.3 is 0 Å². The van der Waals surface area contributed by atoms with Gasteiger partial charge in [0.25, 0.3) is 0 Å². The number of rotatable bonds is 7. The molecule has 4 rings (SSSR count). The third-order valence-corrected chi connectivity index (χ3v) is 5.03. The number of fused-ring (bicyclic) bond motifs is 2. The average molecular weight is 366 g/mol. The molecule has 0 aromatic carbocycles. The monoisotopic (exact) mass is 366 g/mol. The van der Waals surface area contributed by atoms with Crippen LogP contribution < -0.4 is 5.32 Å². The number of imidazole rings is 1. The van der Waals surface area contributed by atoms with E-state index in [2.05, 4.69) is 25.3 Å². The average Bonchev–Trinajstić information content (AvgIpc) is 3.32. The highest BCUT2D eigenvalue weighted by molar-refractivity contribution is 5.93. The number of anilines is 1. The zero-order chi connectivity index (χ0) is 18.9. The number of H-pyrrole nitrogens is 1. The van der Waals surface area contributed by atoms with E-state index in [-0.39, 0.29) is 6.54 Å². The van der Waals surface area contributed by atoms with Gasteiger partial charge in [0, 0.05) is 47.5 Å². The molecule has 7 heteroatoms. The fraction of sp³-hybridized carbons (Fsp3) is 0.350. The van der Waals surface area contributed by atoms with Crippen molar-refractivity contribution < 1.29 is 4.39 Å². The molecule has 2 N–H and O–H groups in total. The molecule has 0 aliphatic rings. The van der Waals surface area contributed by atoms with Gasteiger partial charge in [0.2, 0.25) is 5.95 Å². The molecular formula is C20H23FN6. The number of nitrogens with zero attached hydrogens (tertiary/aromatic N) is 4. The number of aromatic nitrogens is 5. The minimum absolute atomic E-state index is 0.216. The molecular weight excluding hydrogens is 343 g/mol. The summed E-state index contributed by atoms with van der Waals surface area (Å²) in [6, 6.07) is 4.00. The van der Waals surface area contributed by atoms with Crippen molar-refractivity contribution in [1.82, 2.24) is 24.3 Å². The van der Waals surface area contributed by atoms with Crippen LogP contribution in [-0.4, -0.2) is 36.6 Å². The zero-order valence-corrected chi connectivity index (χ0v) is 15.5. The van der Waals surface area contributed by atoms with Crippen LogP contribution in [-0.2, 0) is 0 Å². The molecule has 0 aliphatic carbocycles. The first-order valence-electron chi connectivity index (χ1n) is 9.32. The van der Waals surface area contributed by atoms with Crippen LogP contribution in [0.4, 0.5) is 10.3 Å². The van der Waals surface area contributed by atoms with Crippen molar-refractivity contribution in [2.24, 2.45) is 0 Å². The number of nitrogens with one attached hydrogen (secondary N) is 2. The fourth-order valence-corrected chi connectivity index (χ4v) is 3.39. The molecule has 6 nitrogen and oxygen atoms in total. The lowest BCUT2D eigenvalue weighted by Gasteiger charge is -2.23. The number of hydrogen-bond acceptors (Lipinski definition) is 4. The molecule has 27 heavy (non-hydrogen) atoms. The Morgan fingerprint density at radius 2 is 2.15 bits per heavy atom. The van der Waals surface area contributed by atoms with Gasteiger partial charge in [0.15, 0.2) is 0 Å². The van der Waals surface area contributed by atoms with Crippen LogP contribution in [0.3, 0.4) is 0 Å². The van der Waals surface area contributed by atoms with Crippen LogP contribution in [0.15, 0.2) is 43.1 Å². The van der Waals surface area contributed by atoms with E-state index in [9.17, 15) is 4.39 Å². The SMILES string of the molecule is CCCC(F)(CC)CNc1ncc2c(-c3ccc4nccn4c3)c[nH]c2n1. The molecule has 0 fully saturated rings. The summed E-state index contributed by atoms with van der Waals surface area (Å²) in [5.41, 5.74) is 2.47. The molecule has 4 heterocycles. The Morgan fingerprint density at radius 1 is 1.26 bits per heavy atom. The topological polar surface area (TPSA) is 70.9 Å². The molecule has 1 atom stereocenters. The lowest BCUT2D eigenvalue weighted by molar-refractivity contribution is 0.158. The summed E-state index contributed by atoms with van der Waals surface area (Å²) >= 11 is 0. The maximum Gasteiger partial charge on any atom is 0.224 e.